The second-order valence-electron chi connectivity index (χ2n) is 6.41. The first-order valence-electron chi connectivity index (χ1n) is 8.52. The number of likely N-dealkylation sites (tertiary alicyclic amines) is 1. The van der Waals surface area contributed by atoms with Gasteiger partial charge in [-0.25, -0.2) is 4.98 Å². The van der Waals surface area contributed by atoms with Crippen molar-refractivity contribution in [1.29, 1.82) is 0 Å². The lowest BCUT2D eigenvalue weighted by molar-refractivity contribution is -0.131. The average molecular weight is 374 g/mol. The van der Waals surface area contributed by atoms with Crippen molar-refractivity contribution in [3.8, 4) is 10.7 Å². The number of hydrogen-bond acceptors (Lipinski definition) is 7. The molecule has 0 aliphatic carbocycles. The fourth-order valence-corrected chi connectivity index (χ4v) is 3.71. The highest BCUT2D eigenvalue weighted by molar-refractivity contribution is 7.13. The van der Waals surface area contributed by atoms with Crippen LogP contribution >= 0.6 is 11.3 Å². The molecule has 26 heavy (non-hydrogen) atoms. The Kier molecular flexibility index (Phi) is 5.89. The van der Waals surface area contributed by atoms with Crippen molar-refractivity contribution in [2.75, 3.05) is 13.1 Å². The van der Waals surface area contributed by atoms with E-state index < -0.39 is 0 Å². The molecular formula is C17H22N6O2S. The predicted octanol–water partition coefficient (Wildman–Crippen LogP) is 0.802. The van der Waals surface area contributed by atoms with Crippen LogP contribution in [0.4, 0.5) is 0 Å². The normalized spacial score (nSPS) is 20.5. The molecule has 3 heterocycles. The quantitative estimate of drug-likeness (QED) is 0.818. The van der Waals surface area contributed by atoms with Crippen molar-refractivity contribution in [3.05, 3.63) is 29.7 Å². The summed E-state index contributed by atoms with van der Waals surface area (Å²) in [5, 5.41) is 5.59. The van der Waals surface area contributed by atoms with Crippen molar-refractivity contribution in [2.24, 2.45) is 11.7 Å². The van der Waals surface area contributed by atoms with E-state index in [2.05, 4.69) is 20.3 Å². The Hall–Kier alpha value is -2.39. The number of carbonyl (C=O) groups excluding carboxylic acids is 2. The van der Waals surface area contributed by atoms with Gasteiger partial charge in [0.1, 0.15) is 10.7 Å². The van der Waals surface area contributed by atoms with E-state index in [4.69, 9.17) is 5.73 Å². The summed E-state index contributed by atoms with van der Waals surface area (Å²) in [6.07, 6.45) is 6.30. The van der Waals surface area contributed by atoms with Gasteiger partial charge in [0.05, 0.1) is 24.4 Å². The molecule has 0 bridgehead atoms. The molecule has 0 unspecified atom stereocenters. The summed E-state index contributed by atoms with van der Waals surface area (Å²) >= 11 is 1.46. The van der Waals surface area contributed by atoms with Gasteiger partial charge in [-0.15, -0.1) is 11.3 Å². The largest absolute Gasteiger partial charge is 0.350 e. The molecule has 3 N–H and O–H groups in total. The Morgan fingerprint density at radius 1 is 1.35 bits per heavy atom. The summed E-state index contributed by atoms with van der Waals surface area (Å²) in [5.41, 5.74) is 7.49. The zero-order chi connectivity index (χ0) is 18.5. The van der Waals surface area contributed by atoms with Gasteiger partial charge < -0.3 is 16.0 Å². The third kappa shape index (κ3) is 4.61. The standard InChI is InChI=1S/C17H22N6O2S/c1-11(24)23-8-12(2-3-13(18)9-23)16(25)21-6-14-10-26-17(22-14)15-7-19-4-5-20-15/h4-5,7,10,12-13H,2-3,6,8-9,18H2,1H3,(H,21,25)/t12-,13+/m1/s1. The Morgan fingerprint density at radius 3 is 2.92 bits per heavy atom. The topological polar surface area (TPSA) is 114 Å². The number of rotatable bonds is 4. The maximum atomic E-state index is 12.5. The number of nitrogens with one attached hydrogen (secondary N) is 1. The van der Waals surface area contributed by atoms with Gasteiger partial charge in [-0.1, -0.05) is 0 Å². The Labute approximate surface area is 155 Å². The minimum atomic E-state index is -0.245. The number of nitrogens with zero attached hydrogens (tertiary/aromatic N) is 4. The van der Waals surface area contributed by atoms with E-state index in [0.717, 1.165) is 17.1 Å². The Balaban J connectivity index is 1.58. The molecule has 9 heteroatoms. The molecule has 1 saturated heterocycles. The Morgan fingerprint density at radius 2 is 2.19 bits per heavy atom. The minimum Gasteiger partial charge on any atom is -0.350 e. The Bertz CT molecular complexity index is 766. The first kappa shape index (κ1) is 18.4. The number of carbonyl (C=O) groups is 2. The summed E-state index contributed by atoms with van der Waals surface area (Å²) in [7, 11) is 0. The average Bonchev–Trinajstić information content (AvgIpc) is 3.02. The van der Waals surface area contributed by atoms with Gasteiger partial charge in [-0.2, -0.15) is 0 Å². The van der Waals surface area contributed by atoms with E-state index in [1.54, 1.807) is 23.5 Å². The predicted molar refractivity (Wildman–Crippen MR) is 97.9 cm³/mol. The smallest absolute Gasteiger partial charge is 0.225 e. The summed E-state index contributed by atoms with van der Waals surface area (Å²) in [6, 6.07) is -0.0789. The van der Waals surface area contributed by atoms with Crippen LogP contribution in [0.3, 0.4) is 0 Å². The van der Waals surface area contributed by atoms with Crippen molar-refractivity contribution in [2.45, 2.75) is 32.4 Å². The molecule has 3 rings (SSSR count). The summed E-state index contributed by atoms with van der Waals surface area (Å²) in [5.74, 6) is -0.363. The molecule has 0 radical (unpaired) electrons. The third-order valence-electron chi connectivity index (χ3n) is 4.38. The minimum absolute atomic E-state index is 0.0479. The fourth-order valence-electron chi connectivity index (χ4n) is 2.93. The molecule has 2 atom stereocenters. The number of aromatic nitrogens is 3. The highest BCUT2D eigenvalue weighted by Gasteiger charge is 2.28. The van der Waals surface area contributed by atoms with Crippen LogP contribution < -0.4 is 11.1 Å². The first-order chi connectivity index (χ1) is 12.5. The monoisotopic (exact) mass is 374 g/mol. The van der Waals surface area contributed by atoms with Gasteiger partial charge in [0.2, 0.25) is 11.8 Å². The molecule has 1 fully saturated rings. The SMILES string of the molecule is CC(=O)N1C[C@@H](N)CC[C@@H](C(=O)NCc2csc(-c3cnccn3)n2)C1. The van der Waals surface area contributed by atoms with E-state index in [1.807, 2.05) is 5.38 Å². The van der Waals surface area contributed by atoms with E-state index in [9.17, 15) is 9.59 Å². The third-order valence-corrected chi connectivity index (χ3v) is 5.29. The molecule has 0 saturated carbocycles. The second-order valence-corrected chi connectivity index (χ2v) is 7.27. The van der Waals surface area contributed by atoms with Crippen molar-refractivity contribution in [3.63, 3.8) is 0 Å². The second kappa shape index (κ2) is 8.33. The molecule has 138 valence electrons. The van der Waals surface area contributed by atoms with Gasteiger partial charge >= 0.3 is 0 Å². The highest BCUT2D eigenvalue weighted by Crippen LogP contribution is 2.21. The lowest BCUT2D eigenvalue weighted by Crippen LogP contribution is -2.42. The van der Waals surface area contributed by atoms with Crippen LogP contribution in [0.25, 0.3) is 10.7 Å². The summed E-state index contributed by atoms with van der Waals surface area (Å²) in [6.45, 7) is 2.78. The van der Waals surface area contributed by atoms with E-state index in [0.29, 0.717) is 31.7 Å². The zero-order valence-corrected chi connectivity index (χ0v) is 15.4. The maximum Gasteiger partial charge on any atom is 0.225 e. The molecule has 1 aliphatic rings. The highest BCUT2D eigenvalue weighted by atomic mass is 32.1. The summed E-state index contributed by atoms with van der Waals surface area (Å²) in [4.78, 5) is 38.6. The summed E-state index contributed by atoms with van der Waals surface area (Å²) < 4.78 is 0. The lowest BCUT2D eigenvalue weighted by atomic mass is 10.0. The van der Waals surface area contributed by atoms with Crippen LogP contribution in [0.2, 0.25) is 0 Å². The van der Waals surface area contributed by atoms with Gasteiger partial charge in [0.25, 0.3) is 0 Å². The van der Waals surface area contributed by atoms with E-state index in [1.165, 1.54) is 18.3 Å². The maximum absolute atomic E-state index is 12.5. The van der Waals surface area contributed by atoms with Crippen molar-refractivity contribution < 1.29 is 9.59 Å². The first-order valence-corrected chi connectivity index (χ1v) is 9.40. The molecule has 1 aliphatic heterocycles. The van der Waals surface area contributed by atoms with Crippen LogP contribution in [-0.2, 0) is 16.1 Å². The molecule has 0 spiro atoms. The van der Waals surface area contributed by atoms with E-state index >= 15 is 0 Å². The zero-order valence-electron chi connectivity index (χ0n) is 14.6. The lowest BCUT2D eigenvalue weighted by Gasteiger charge is -2.23. The van der Waals surface area contributed by atoms with Gasteiger partial charge in [0.15, 0.2) is 0 Å². The number of hydrogen-bond donors (Lipinski definition) is 2. The van der Waals surface area contributed by atoms with Crippen molar-refractivity contribution >= 4 is 23.2 Å². The van der Waals surface area contributed by atoms with Gasteiger partial charge in [-0.05, 0) is 12.8 Å². The molecule has 2 aromatic heterocycles. The molecular weight excluding hydrogens is 352 g/mol. The van der Waals surface area contributed by atoms with E-state index in [-0.39, 0.29) is 23.8 Å². The molecule has 2 aromatic rings. The van der Waals surface area contributed by atoms with Gasteiger partial charge in [-0.3, -0.25) is 19.6 Å². The van der Waals surface area contributed by atoms with Crippen molar-refractivity contribution in [1.82, 2.24) is 25.2 Å². The van der Waals surface area contributed by atoms with Crippen LogP contribution in [-0.4, -0.2) is 50.8 Å². The van der Waals surface area contributed by atoms with Crippen LogP contribution in [0.1, 0.15) is 25.5 Å². The number of thiazole rings is 1. The fraction of sp³-hybridized carbons (Fsp3) is 0.471. The van der Waals surface area contributed by atoms with Crippen LogP contribution in [0, 0.1) is 5.92 Å². The van der Waals surface area contributed by atoms with Crippen LogP contribution in [0.15, 0.2) is 24.0 Å². The number of amides is 2. The van der Waals surface area contributed by atoms with Crippen LogP contribution in [0.5, 0.6) is 0 Å². The molecule has 2 amide bonds. The number of nitrogens with two attached hydrogens (primary N) is 1. The van der Waals surface area contributed by atoms with Gasteiger partial charge in [0, 0.05) is 43.8 Å². The molecule has 8 nitrogen and oxygen atoms in total. The molecule has 0 aromatic carbocycles.